The number of halogens is 1. The first-order chi connectivity index (χ1) is 15.1. The first kappa shape index (κ1) is 19.9. The third-order valence-corrected chi connectivity index (χ3v) is 6.10. The molecule has 2 aliphatic heterocycles. The van der Waals surface area contributed by atoms with Gasteiger partial charge in [-0.2, -0.15) is 5.10 Å². The van der Waals surface area contributed by atoms with Crippen molar-refractivity contribution in [2.75, 3.05) is 31.2 Å². The Bertz CT molecular complexity index is 1110. The van der Waals surface area contributed by atoms with Gasteiger partial charge < -0.3 is 20.7 Å². The highest BCUT2D eigenvalue weighted by atomic mass is 19.1. The van der Waals surface area contributed by atoms with E-state index in [-0.39, 0.29) is 23.5 Å². The van der Waals surface area contributed by atoms with Gasteiger partial charge in [0.1, 0.15) is 17.2 Å². The average molecular weight is 424 g/mol. The molecule has 5 rings (SSSR count). The Labute approximate surface area is 179 Å². The quantitative estimate of drug-likeness (QED) is 0.649. The minimum absolute atomic E-state index is 0.00473. The van der Waals surface area contributed by atoms with E-state index in [1.165, 1.54) is 16.8 Å². The van der Waals surface area contributed by atoms with Gasteiger partial charge in [-0.25, -0.2) is 13.9 Å². The van der Waals surface area contributed by atoms with Gasteiger partial charge in [0.2, 0.25) is 0 Å². The van der Waals surface area contributed by atoms with Gasteiger partial charge in [-0.05, 0) is 48.6 Å². The number of hydrogen-bond donors (Lipinski definition) is 2. The molecule has 8 nitrogen and oxygen atoms in total. The molecule has 3 N–H and O–H groups in total. The molecule has 2 aromatic heterocycles. The maximum atomic E-state index is 14.3. The number of nitrogens with zero attached hydrogens (tertiary/aromatic N) is 4. The molecule has 0 radical (unpaired) electrons. The average Bonchev–Trinajstić information content (AvgIpc) is 3.42. The lowest BCUT2D eigenvalue weighted by Crippen LogP contribution is -2.42. The molecule has 9 heteroatoms. The number of amides is 1. The van der Waals surface area contributed by atoms with Gasteiger partial charge in [-0.3, -0.25) is 4.79 Å². The zero-order chi connectivity index (χ0) is 21.4. The van der Waals surface area contributed by atoms with E-state index >= 15 is 0 Å². The number of benzene rings is 1. The summed E-state index contributed by atoms with van der Waals surface area (Å²) in [4.78, 5) is 18.6. The Morgan fingerprint density at radius 3 is 3.06 bits per heavy atom. The lowest BCUT2D eigenvalue weighted by molar-refractivity contribution is 0.0769. The number of carbonyl (C=O) groups excluding carboxylic acids is 1. The Morgan fingerprint density at radius 1 is 1.35 bits per heavy atom. The van der Waals surface area contributed by atoms with E-state index in [4.69, 9.17) is 10.5 Å². The minimum atomic E-state index is -0.563. The van der Waals surface area contributed by atoms with E-state index < -0.39 is 5.91 Å². The van der Waals surface area contributed by atoms with Gasteiger partial charge in [0.05, 0.1) is 25.5 Å². The molecule has 0 spiro atoms. The van der Waals surface area contributed by atoms with Crippen LogP contribution in [0.5, 0.6) is 0 Å². The standard InChI is InChI=1S/C22H25FN6O2/c23-15-4-3-14(10-16-13-31-9-6-25-16)17(11-15)19-2-1-7-28(19)20-5-8-29-22(27-20)18(12-26-29)21(24)30/h3-5,8,11-12,16,19,25H,1-2,6-7,9-10,13H2,(H2,24,30)/t16-,19-/m1/s1. The summed E-state index contributed by atoms with van der Waals surface area (Å²) < 4.78 is 21.4. The van der Waals surface area contributed by atoms with Gasteiger partial charge in [0.15, 0.2) is 5.65 Å². The maximum absolute atomic E-state index is 14.3. The zero-order valence-electron chi connectivity index (χ0n) is 17.1. The van der Waals surface area contributed by atoms with Crippen LogP contribution in [-0.2, 0) is 11.2 Å². The van der Waals surface area contributed by atoms with Crippen molar-refractivity contribution >= 4 is 17.4 Å². The van der Waals surface area contributed by atoms with Crippen LogP contribution in [0.25, 0.3) is 5.65 Å². The van der Waals surface area contributed by atoms with Crippen LogP contribution in [0.3, 0.4) is 0 Å². The Morgan fingerprint density at radius 2 is 2.26 bits per heavy atom. The third-order valence-electron chi connectivity index (χ3n) is 6.10. The Kier molecular flexibility index (Phi) is 5.29. The summed E-state index contributed by atoms with van der Waals surface area (Å²) in [5.41, 5.74) is 8.28. The molecule has 0 saturated carbocycles. The van der Waals surface area contributed by atoms with Crippen LogP contribution in [0.2, 0.25) is 0 Å². The number of fused-ring (bicyclic) bond motifs is 1. The second-order valence-corrected chi connectivity index (χ2v) is 8.10. The van der Waals surface area contributed by atoms with E-state index in [1.54, 1.807) is 12.3 Å². The van der Waals surface area contributed by atoms with Gasteiger partial charge in [-0.15, -0.1) is 0 Å². The molecular weight excluding hydrogens is 399 g/mol. The first-order valence-corrected chi connectivity index (χ1v) is 10.6. The third kappa shape index (κ3) is 3.86. The minimum Gasteiger partial charge on any atom is -0.379 e. The summed E-state index contributed by atoms with van der Waals surface area (Å²) in [5, 5.41) is 7.62. The molecule has 1 aromatic carbocycles. The lowest BCUT2D eigenvalue weighted by atomic mass is 9.93. The van der Waals surface area contributed by atoms with Crippen LogP contribution >= 0.6 is 0 Å². The van der Waals surface area contributed by atoms with E-state index in [0.29, 0.717) is 12.3 Å². The molecule has 2 atom stereocenters. The molecule has 2 fully saturated rings. The van der Waals surface area contributed by atoms with Crippen molar-refractivity contribution in [1.29, 1.82) is 0 Å². The maximum Gasteiger partial charge on any atom is 0.254 e. The summed E-state index contributed by atoms with van der Waals surface area (Å²) in [5.74, 6) is -0.0757. The van der Waals surface area contributed by atoms with Crippen molar-refractivity contribution < 1.29 is 13.9 Å². The number of aromatic nitrogens is 3. The fraction of sp³-hybridized carbons (Fsp3) is 0.409. The molecule has 162 valence electrons. The molecule has 0 bridgehead atoms. The summed E-state index contributed by atoms with van der Waals surface area (Å²) in [6, 6.07) is 7.15. The van der Waals surface area contributed by atoms with E-state index in [0.717, 1.165) is 55.9 Å². The fourth-order valence-corrected chi connectivity index (χ4v) is 4.64. The highest BCUT2D eigenvalue weighted by Crippen LogP contribution is 2.37. The predicted molar refractivity (Wildman–Crippen MR) is 114 cm³/mol. The van der Waals surface area contributed by atoms with Gasteiger partial charge in [0, 0.05) is 25.3 Å². The molecule has 2 saturated heterocycles. The SMILES string of the molecule is NC(=O)c1cnn2ccc(N3CCC[C@@H]3c3cc(F)ccc3C[C@@H]3COCCN3)nc12. The number of carbonyl (C=O) groups is 1. The van der Waals surface area contributed by atoms with Gasteiger partial charge in [0.25, 0.3) is 5.91 Å². The summed E-state index contributed by atoms with van der Waals surface area (Å²) >= 11 is 0. The fourth-order valence-electron chi connectivity index (χ4n) is 4.64. The number of morpholine rings is 1. The van der Waals surface area contributed by atoms with Gasteiger partial charge in [-0.1, -0.05) is 6.07 Å². The van der Waals surface area contributed by atoms with Crippen molar-refractivity contribution in [3.63, 3.8) is 0 Å². The highest BCUT2D eigenvalue weighted by molar-refractivity contribution is 5.98. The van der Waals surface area contributed by atoms with Crippen molar-refractivity contribution in [1.82, 2.24) is 19.9 Å². The smallest absolute Gasteiger partial charge is 0.254 e. The molecular formula is C22H25FN6O2. The molecule has 1 amide bonds. The number of primary amides is 1. The van der Waals surface area contributed by atoms with Crippen LogP contribution < -0.4 is 16.0 Å². The van der Waals surface area contributed by atoms with Crippen molar-refractivity contribution in [3.05, 3.63) is 59.2 Å². The molecule has 0 unspecified atom stereocenters. The predicted octanol–water partition coefficient (Wildman–Crippen LogP) is 1.84. The summed E-state index contributed by atoms with van der Waals surface area (Å²) in [7, 11) is 0. The van der Waals surface area contributed by atoms with Crippen LogP contribution in [0.1, 0.15) is 40.4 Å². The second kappa shape index (κ2) is 8.24. The Hall–Kier alpha value is -3.04. The number of rotatable bonds is 5. The van der Waals surface area contributed by atoms with Crippen LogP contribution in [-0.4, -0.2) is 52.9 Å². The summed E-state index contributed by atoms with van der Waals surface area (Å²) in [6.07, 6.45) is 5.86. The van der Waals surface area contributed by atoms with Crippen molar-refractivity contribution in [3.8, 4) is 0 Å². The molecule has 0 aliphatic carbocycles. The summed E-state index contributed by atoms with van der Waals surface area (Å²) in [6.45, 7) is 3.00. The molecule has 2 aliphatic rings. The molecule has 4 heterocycles. The van der Waals surface area contributed by atoms with Crippen LogP contribution in [0.4, 0.5) is 10.2 Å². The van der Waals surface area contributed by atoms with Crippen molar-refractivity contribution in [2.45, 2.75) is 31.3 Å². The second-order valence-electron chi connectivity index (χ2n) is 8.10. The van der Waals surface area contributed by atoms with Gasteiger partial charge >= 0.3 is 0 Å². The number of hydrogen-bond acceptors (Lipinski definition) is 6. The zero-order valence-corrected chi connectivity index (χ0v) is 17.1. The number of anilines is 1. The highest BCUT2D eigenvalue weighted by Gasteiger charge is 2.30. The monoisotopic (exact) mass is 424 g/mol. The number of ether oxygens (including phenoxy) is 1. The lowest BCUT2D eigenvalue weighted by Gasteiger charge is -2.30. The molecule has 31 heavy (non-hydrogen) atoms. The first-order valence-electron chi connectivity index (χ1n) is 10.6. The van der Waals surface area contributed by atoms with Crippen molar-refractivity contribution in [2.24, 2.45) is 5.73 Å². The van der Waals surface area contributed by atoms with Crippen LogP contribution in [0.15, 0.2) is 36.7 Å². The number of nitrogens with two attached hydrogens (primary N) is 1. The molecule has 3 aromatic rings. The van der Waals surface area contributed by atoms with Crippen LogP contribution in [0, 0.1) is 5.82 Å². The normalized spacial score (nSPS) is 21.6. The topological polar surface area (TPSA) is 97.8 Å². The number of nitrogens with one attached hydrogen (secondary N) is 1. The van der Waals surface area contributed by atoms with E-state index in [1.807, 2.05) is 12.1 Å². The van der Waals surface area contributed by atoms with E-state index in [2.05, 4.69) is 20.3 Å². The largest absolute Gasteiger partial charge is 0.379 e. The van der Waals surface area contributed by atoms with E-state index in [9.17, 15) is 9.18 Å². The Balaban J connectivity index is 1.49.